The Balaban J connectivity index is 1.15. The van der Waals surface area contributed by atoms with Crippen molar-refractivity contribution in [2.24, 2.45) is 5.92 Å². The van der Waals surface area contributed by atoms with Crippen molar-refractivity contribution in [1.82, 2.24) is 30.1 Å². The Morgan fingerprint density at radius 3 is 2.56 bits per heavy atom. The van der Waals surface area contributed by atoms with E-state index < -0.39 is 6.36 Å². The first-order valence-electron chi connectivity index (χ1n) is 10.7. The van der Waals surface area contributed by atoms with Crippen molar-refractivity contribution in [3.8, 4) is 5.75 Å². The number of alkyl halides is 3. The molecule has 0 aliphatic carbocycles. The van der Waals surface area contributed by atoms with E-state index in [0.29, 0.717) is 44.7 Å². The van der Waals surface area contributed by atoms with Gasteiger partial charge in [-0.3, -0.25) is 4.79 Å². The van der Waals surface area contributed by atoms with Crippen molar-refractivity contribution in [3.05, 3.63) is 59.1 Å². The smallest absolute Gasteiger partial charge is 0.406 e. The fourth-order valence-corrected chi connectivity index (χ4v) is 4.41. The summed E-state index contributed by atoms with van der Waals surface area (Å²) in [6.07, 6.45) is 0.698. The van der Waals surface area contributed by atoms with Crippen molar-refractivity contribution in [3.63, 3.8) is 0 Å². The molecule has 3 aliphatic heterocycles. The molecule has 0 radical (unpaired) electrons. The van der Waals surface area contributed by atoms with E-state index in [-0.39, 0.29) is 23.6 Å². The number of nitrogens with zero attached hydrogens (tertiary/aromatic N) is 5. The maximum Gasteiger partial charge on any atom is 0.573 e. The molecule has 3 aliphatic rings. The molecule has 4 heterocycles. The molecule has 0 unspecified atom stereocenters. The van der Waals surface area contributed by atoms with Crippen LogP contribution in [0.2, 0.25) is 0 Å². The summed E-state index contributed by atoms with van der Waals surface area (Å²) < 4.78 is 40.6. The topological polar surface area (TPSA) is 94.7 Å². The molecule has 0 spiro atoms. The number of nitrogens with one attached hydrogen (secondary N) is 1. The number of ether oxygens (including phenoxy) is 1. The minimum absolute atomic E-state index is 0.0775. The first-order chi connectivity index (χ1) is 16.2. The largest absolute Gasteiger partial charge is 0.573 e. The van der Waals surface area contributed by atoms with Crippen molar-refractivity contribution in [2.45, 2.75) is 19.3 Å². The summed E-state index contributed by atoms with van der Waals surface area (Å²) in [7, 11) is 0. The van der Waals surface area contributed by atoms with Gasteiger partial charge in [0.25, 0.3) is 0 Å². The molecular formula is C22H21F3N6O3. The zero-order valence-corrected chi connectivity index (χ0v) is 18.0. The Labute approximate surface area is 192 Å². The molecule has 1 aromatic carbocycles. The zero-order chi connectivity index (χ0) is 23.9. The normalized spacial score (nSPS) is 19.9. The van der Waals surface area contributed by atoms with Crippen molar-refractivity contribution >= 4 is 18.0 Å². The minimum Gasteiger partial charge on any atom is -0.406 e. The van der Waals surface area contributed by atoms with E-state index >= 15 is 0 Å². The third-order valence-corrected chi connectivity index (χ3v) is 6.10. The van der Waals surface area contributed by atoms with Gasteiger partial charge in [-0.15, -0.1) is 13.2 Å². The average Bonchev–Trinajstić information content (AvgIpc) is 3.51. The predicted molar refractivity (Wildman–Crippen MR) is 113 cm³/mol. The van der Waals surface area contributed by atoms with Crippen LogP contribution < -0.4 is 4.74 Å². The number of likely N-dealkylation sites (tertiary alicyclic amines) is 1. The highest BCUT2D eigenvalue weighted by atomic mass is 19.4. The summed E-state index contributed by atoms with van der Waals surface area (Å²) in [5, 5.41) is 10.8. The fraction of sp³-hybridized carbons (Fsp3) is 0.364. The van der Waals surface area contributed by atoms with Gasteiger partial charge in [0.1, 0.15) is 11.4 Å². The molecule has 1 saturated heterocycles. The summed E-state index contributed by atoms with van der Waals surface area (Å²) in [5.74, 6) is -0.425. The van der Waals surface area contributed by atoms with Crippen LogP contribution >= 0.6 is 0 Å². The maximum atomic E-state index is 12.9. The van der Waals surface area contributed by atoms with Gasteiger partial charge in [-0.1, -0.05) is 12.1 Å². The molecule has 1 aromatic heterocycles. The molecule has 12 heteroatoms. The van der Waals surface area contributed by atoms with Crippen LogP contribution in [-0.4, -0.2) is 74.6 Å². The number of benzene rings is 1. The molecule has 9 nitrogen and oxygen atoms in total. The summed E-state index contributed by atoms with van der Waals surface area (Å²) >= 11 is 0. The summed E-state index contributed by atoms with van der Waals surface area (Å²) in [5.41, 5.74) is 3.30. The first-order valence-corrected chi connectivity index (χ1v) is 10.7. The number of urea groups is 1. The lowest BCUT2D eigenvalue weighted by Gasteiger charge is -2.29. The Morgan fingerprint density at radius 1 is 1.06 bits per heavy atom. The monoisotopic (exact) mass is 474 g/mol. The lowest BCUT2D eigenvalue weighted by atomic mass is 10.1. The maximum absolute atomic E-state index is 12.9. The van der Waals surface area contributed by atoms with Crippen LogP contribution in [0.1, 0.15) is 17.0 Å². The second-order valence-corrected chi connectivity index (χ2v) is 8.39. The minimum atomic E-state index is -4.75. The van der Waals surface area contributed by atoms with Crippen molar-refractivity contribution in [2.75, 3.05) is 26.2 Å². The van der Waals surface area contributed by atoms with Crippen LogP contribution in [0.4, 0.5) is 18.0 Å². The van der Waals surface area contributed by atoms with Gasteiger partial charge in [-0.05, 0) is 29.3 Å². The number of halogens is 3. The molecule has 1 fully saturated rings. The number of carbonyl (C=O) groups is 2. The molecule has 3 amide bonds. The number of aromatic amines is 1. The predicted octanol–water partition coefficient (Wildman–Crippen LogP) is 2.55. The number of aromatic nitrogens is 3. The van der Waals surface area contributed by atoms with Gasteiger partial charge >= 0.3 is 12.4 Å². The Morgan fingerprint density at radius 2 is 1.82 bits per heavy atom. The summed E-state index contributed by atoms with van der Waals surface area (Å²) in [4.78, 5) is 30.7. The van der Waals surface area contributed by atoms with Gasteiger partial charge in [0.05, 0.1) is 12.2 Å². The SMILES string of the molecule is O=C(/C=C/c1ccc(OC(F)(F)F)cc1)N1CC2=CN(C(=O)N3CCc4n[nH]nc4C3)C[C@H]2C1. The molecule has 2 aromatic rings. The van der Waals surface area contributed by atoms with Gasteiger partial charge in [0.15, 0.2) is 0 Å². The Bertz CT molecular complexity index is 1160. The number of carbonyl (C=O) groups excluding carboxylic acids is 2. The van der Waals surface area contributed by atoms with Gasteiger partial charge in [-0.2, -0.15) is 15.4 Å². The van der Waals surface area contributed by atoms with Gasteiger partial charge in [-0.25, -0.2) is 4.79 Å². The van der Waals surface area contributed by atoms with Gasteiger partial charge in [0.2, 0.25) is 5.91 Å². The van der Waals surface area contributed by atoms with Crippen LogP contribution in [0.5, 0.6) is 5.75 Å². The van der Waals surface area contributed by atoms with E-state index in [1.54, 1.807) is 20.8 Å². The standard InChI is InChI=1S/C22H21F3N6O3/c23-22(24,25)34-17-4-1-14(2-5-17)3-6-20(32)30-9-15-11-31(12-16(15)10-30)21(33)29-8-7-18-19(13-29)27-28-26-18/h1-6,11,16H,7-10,12-13H2,(H,26,27,28)/b6-3+/t16-/m1/s1. The highest BCUT2D eigenvalue weighted by molar-refractivity contribution is 5.92. The second kappa shape index (κ2) is 8.50. The quantitative estimate of drug-likeness (QED) is 0.690. The first kappa shape index (κ1) is 22.0. The fourth-order valence-electron chi connectivity index (χ4n) is 4.41. The van der Waals surface area contributed by atoms with Crippen LogP contribution in [0.25, 0.3) is 6.08 Å². The van der Waals surface area contributed by atoms with E-state index in [1.165, 1.54) is 30.3 Å². The number of rotatable bonds is 3. The highest BCUT2D eigenvalue weighted by Crippen LogP contribution is 2.31. The lowest BCUT2D eigenvalue weighted by Crippen LogP contribution is -2.43. The molecule has 178 valence electrons. The molecule has 1 atom stereocenters. The zero-order valence-electron chi connectivity index (χ0n) is 18.0. The van der Waals surface area contributed by atoms with Gasteiger partial charge in [0, 0.05) is 50.8 Å². The molecular weight excluding hydrogens is 453 g/mol. The Kier molecular flexibility index (Phi) is 5.50. The van der Waals surface area contributed by atoms with Crippen LogP contribution in [0.3, 0.4) is 0 Å². The van der Waals surface area contributed by atoms with E-state index in [9.17, 15) is 22.8 Å². The number of hydrogen-bond donors (Lipinski definition) is 1. The molecule has 1 N–H and O–H groups in total. The Hall–Kier alpha value is -3.83. The molecule has 5 rings (SSSR count). The van der Waals surface area contributed by atoms with Gasteiger partial charge < -0.3 is 19.4 Å². The summed E-state index contributed by atoms with van der Waals surface area (Å²) in [6.45, 7) is 2.47. The molecule has 0 saturated carbocycles. The van der Waals surface area contributed by atoms with E-state index in [2.05, 4.69) is 20.1 Å². The highest BCUT2D eigenvalue weighted by Gasteiger charge is 2.38. The van der Waals surface area contributed by atoms with Crippen LogP contribution in [-0.2, 0) is 17.8 Å². The van der Waals surface area contributed by atoms with Crippen molar-refractivity contribution < 1.29 is 27.5 Å². The number of fused-ring (bicyclic) bond motifs is 2. The third kappa shape index (κ3) is 4.61. The summed E-state index contributed by atoms with van der Waals surface area (Å²) in [6, 6.07) is 5.20. The molecule has 0 bridgehead atoms. The number of hydrogen-bond acceptors (Lipinski definition) is 5. The van der Waals surface area contributed by atoms with E-state index in [1.807, 2.05) is 6.20 Å². The van der Waals surface area contributed by atoms with E-state index in [4.69, 9.17) is 0 Å². The van der Waals surface area contributed by atoms with Crippen LogP contribution in [0, 0.1) is 5.92 Å². The average molecular weight is 474 g/mol. The third-order valence-electron chi connectivity index (χ3n) is 6.10. The van der Waals surface area contributed by atoms with E-state index in [0.717, 1.165) is 17.0 Å². The van der Waals surface area contributed by atoms with Crippen LogP contribution in [0.15, 0.2) is 42.1 Å². The number of H-pyrrole nitrogens is 1. The molecule has 34 heavy (non-hydrogen) atoms. The lowest BCUT2D eigenvalue weighted by molar-refractivity contribution is -0.274. The number of amides is 3. The van der Waals surface area contributed by atoms with Crippen molar-refractivity contribution in [1.29, 1.82) is 0 Å². The second-order valence-electron chi connectivity index (χ2n) is 8.39.